The highest BCUT2D eigenvalue weighted by molar-refractivity contribution is 8.02. The van der Waals surface area contributed by atoms with Gasteiger partial charge in [0.25, 0.3) is 0 Å². The molecular weight excluding hydrogens is 316 g/mol. The van der Waals surface area contributed by atoms with Crippen molar-refractivity contribution in [3.05, 3.63) is 0 Å². The van der Waals surface area contributed by atoms with Crippen LogP contribution in [-0.4, -0.2) is 33.9 Å². The fraction of sp³-hybridized carbons (Fsp3) is 0.800. The zero-order valence-corrected chi connectivity index (χ0v) is 15.1. The second-order valence-electron chi connectivity index (χ2n) is 5.76. The molecule has 5 nitrogen and oxygen atoms in total. The summed E-state index contributed by atoms with van der Waals surface area (Å²) in [7, 11) is 0. The number of carbonyl (C=O) groups excluding carboxylic acids is 1. The Hall–Kier alpha value is -0.820. The van der Waals surface area contributed by atoms with Gasteiger partial charge in [0.15, 0.2) is 4.34 Å². The predicted octanol–water partition coefficient (Wildman–Crippen LogP) is 3.68. The SMILES string of the molecule is CCCNc1nnc(SC(C)C(=O)NC2CCCCCC2)s1. The van der Waals surface area contributed by atoms with Gasteiger partial charge in [0, 0.05) is 12.6 Å². The lowest BCUT2D eigenvalue weighted by Crippen LogP contribution is -2.39. The summed E-state index contributed by atoms with van der Waals surface area (Å²) in [4.78, 5) is 12.3. The second-order valence-corrected chi connectivity index (χ2v) is 8.32. The minimum Gasteiger partial charge on any atom is -0.360 e. The number of aromatic nitrogens is 2. The predicted molar refractivity (Wildman–Crippen MR) is 93.6 cm³/mol. The number of thioether (sulfide) groups is 1. The van der Waals surface area contributed by atoms with Gasteiger partial charge in [-0.2, -0.15) is 0 Å². The molecule has 0 spiro atoms. The molecule has 0 saturated heterocycles. The number of rotatable bonds is 7. The van der Waals surface area contributed by atoms with E-state index in [9.17, 15) is 4.79 Å². The van der Waals surface area contributed by atoms with Crippen LogP contribution >= 0.6 is 23.1 Å². The summed E-state index contributed by atoms with van der Waals surface area (Å²) in [5, 5.41) is 15.4. The molecule has 1 aliphatic rings. The zero-order valence-electron chi connectivity index (χ0n) is 13.4. The maximum atomic E-state index is 12.3. The van der Waals surface area contributed by atoms with Gasteiger partial charge in [-0.25, -0.2) is 0 Å². The Kier molecular flexibility index (Phi) is 7.45. The third-order valence-electron chi connectivity index (χ3n) is 3.78. The van der Waals surface area contributed by atoms with E-state index in [0.29, 0.717) is 6.04 Å². The first-order valence-electron chi connectivity index (χ1n) is 8.23. The van der Waals surface area contributed by atoms with Gasteiger partial charge in [-0.15, -0.1) is 10.2 Å². The summed E-state index contributed by atoms with van der Waals surface area (Å²) < 4.78 is 0.849. The third kappa shape index (κ3) is 5.76. The van der Waals surface area contributed by atoms with Crippen LogP contribution in [0.3, 0.4) is 0 Å². The lowest BCUT2D eigenvalue weighted by Gasteiger charge is -2.18. The first-order chi connectivity index (χ1) is 10.7. The van der Waals surface area contributed by atoms with Crippen molar-refractivity contribution in [3.8, 4) is 0 Å². The molecule has 1 fully saturated rings. The van der Waals surface area contributed by atoms with Crippen LogP contribution in [0.25, 0.3) is 0 Å². The number of amides is 1. The van der Waals surface area contributed by atoms with E-state index >= 15 is 0 Å². The Morgan fingerprint density at radius 3 is 2.73 bits per heavy atom. The van der Waals surface area contributed by atoms with E-state index < -0.39 is 0 Å². The van der Waals surface area contributed by atoms with E-state index in [0.717, 1.165) is 35.3 Å². The first kappa shape index (κ1) is 17.5. The highest BCUT2D eigenvalue weighted by atomic mass is 32.2. The van der Waals surface area contributed by atoms with Gasteiger partial charge in [-0.05, 0) is 26.2 Å². The van der Waals surface area contributed by atoms with Gasteiger partial charge in [-0.1, -0.05) is 55.7 Å². The molecule has 1 aromatic heterocycles. The van der Waals surface area contributed by atoms with Crippen LogP contribution in [0.4, 0.5) is 5.13 Å². The summed E-state index contributed by atoms with van der Waals surface area (Å²) in [6, 6.07) is 0.356. The zero-order chi connectivity index (χ0) is 15.8. The average Bonchev–Trinajstić information content (AvgIpc) is 2.79. The van der Waals surface area contributed by atoms with Crippen LogP contribution in [0.15, 0.2) is 4.34 Å². The van der Waals surface area contributed by atoms with Crippen LogP contribution in [0, 0.1) is 0 Å². The Balaban J connectivity index is 1.78. The fourth-order valence-corrected chi connectivity index (χ4v) is 4.44. The quantitative estimate of drug-likeness (QED) is 0.584. The smallest absolute Gasteiger partial charge is 0.233 e. The molecular formula is C15H26N4OS2. The minimum atomic E-state index is -0.129. The topological polar surface area (TPSA) is 66.9 Å². The van der Waals surface area contributed by atoms with E-state index in [1.807, 2.05) is 6.92 Å². The van der Waals surface area contributed by atoms with Gasteiger partial charge in [-0.3, -0.25) is 4.79 Å². The van der Waals surface area contributed by atoms with Crippen LogP contribution in [-0.2, 0) is 4.79 Å². The summed E-state index contributed by atoms with van der Waals surface area (Å²) in [5.41, 5.74) is 0. The molecule has 1 aliphatic carbocycles. The van der Waals surface area contributed by atoms with Crippen molar-refractivity contribution < 1.29 is 4.79 Å². The number of nitrogens with one attached hydrogen (secondary N) is 2. The van der Waals surface area contributed by atoms with Crippen LogP contribution in [0.5, 0.6) is 0 Å². The van der Waals surface area contributed by atoms with E-state index in [1.165, 1.54) is 48.8 Å². The highest BCUT2D eigenvalue weighted by Gasteiger charge is 2.21. The van der Waals surface area contributed by atoms with E-state index in [1.54, 1.807) is 0 Å². The van der Waals surface area contributed by atoms with Gasteiger partial charge < -0.3 is 10.6 Å². The number of anilines is 1. The third-order valence-corrected chi connectivity index (χ3v) is 5.85. The van der Waals surface area contributed by atoms with Crippen LogP contribution < -0.4 is 10.6 Å². The maximum Gasteiger partial charge on any atom is 0.233 e. The molecule has 0 radical (unpaired) electrons. The standard InChI is InChI=1S/C15H26N4OS2/c1-3-10-16-14-18-19-15(22-14)21-11(2)13(20)17-12-8-6-4-5-7-9-12/h11-12H,3-10H2,1-2H3,(H,16,18)(H,17,20). The van der Waals surface area contributed by atoms with Gasteiger partial charge in [0.1, 0.15) is 0 Å². The largest absolute Gasteiger partial charge is 0.360 e. The normalized spacial score (nSPS) is 17.7. The van der Waals surface area contributed by atoms with Crippen LogP contribution in [0.2, 0.25) is 0 Å². The van der Waals surface area contributed by atoms with Crippen molar-refractivity contribution in [3.63, 3.8) is 0 Å². The molecule has 22 heavy (non-hydrogen) atoms. The van der Waals surface area contributed by atoms with Gasteiger partial charge in [0.2, 0.25) is 11.0 Å². The number of hydrogen-bond acceptors (Lipinski definition) is 6. The number of nitrogens with zero attached hydrogens (tertiary/aromatic N) is 2. The molecule has 124 valence electrons. The molecule has 2 rings (SSSR count). The molecule has 1 aromatic rings. The Bertz CT molecular complexity index is 458. The molecule has 0 aliphatic heterocycles. The molecule has 1 amide bonds. The van der Waals surface area contributed by atoms with Crippen molar-refractivity contribution >= 4 is 34.1 Å². The second kappa shape index (κ2) is 9.35. The van der Waals surface area contributed by atoms with Crippen molar-refractivity contribution in [1.29, 1.82) is 0 Å². The molecule has 2 N–H and O–H groups in total. The van der Waals surface area contributed by atoms with Crippen molar-refractivity contribution in [2.24, 2.45) is 0 Å². The Morgan fingerprint density at radius 2 is 2.05 bits per heavy atom. The van der Waals surface area contributed by atoms with Gasteiger partial charge in [0.05, 0.1) is 5.25 Å². The molecule has 0 bridgehead atoms. The fourth-order valence-electron chi connectivity index (χ4n) is 2.51. The summed E-state index contributed by atoms with van der Waals surface area (Å²) >= 11 is 3.01. The monoisotopic (exact) mass is 342 g/mol. The Labute approximate surface area is 141 Å². The van der Waals surface area contributed by atoms with E-state index in [2.05, 4.69) is 27.8 Å². The first-order valence-corrected chi connectivity index (χ1v) is 9.93. The molecule has 1 heterocycles. The van der Waals surface area contributed by atoms with E-state index in [-0.39, 0.29) is 11.2 Å². The molecule has 1 unspecified atom stereocenters. The van der Waals surface area contributed by atoms with E-state index in [4.69, 9.17) is 0 Å². The highest BCUT2D eigenvalue weighted by Crippen LogP contribution is 2.29. The minimum absolute atomic E-state index is 0.121. The number of hydrogen-bond donors (Lipinski definition) is 2. The van der Waals surface area contributed by atoms with Crippen molar-refractivity contribution in [2.45, 2.75) is 74.4 Å². The van der Waals surface area contributed by atoms with Crippen LogP contribution in [0.1, 0.15) is 58.8 Å². The molecule has 7 heteroatoms. The lowest BCUT2D eigenvalue weighted by molar-refractivity contribution is -0.121. The van der Waals surface area contributed by atoms with Crippen molar-refractivity contribution in [2.75, 3.05) is 11.9 Å². The summed E-state index contributed by atoms with van der Waals surface area (Å²) in [6.07, 6.45) is 8.36. The summed E-state index contributed by atoms with van der Waals surface area (Å²) in [5.74, 6) is 0.121. The Morgan fingerprint density at radius 1 is 1.32 bits per heavy atom. The summed E-state index contributed by atoms with van der Waals surface area (Å²) in [6.45, 7) is 4.96. The molecule has 1 saturated carbocycles. The molecule has 1 atom stereocenters. The van der Waals surface area contributed by atoms with Crippen molar-refractivity contribution in [1.82, 2.24) is 15.5 Å². The maximum absolute atomic E-state index is 12.3. The molecule has 0 aromatic carbocycles. The van der Waals surface area contributed by atoms with Gasteiger partial charge >= 0.3 is 0 Å². The number of carbonyl (C=O) groups is 1. The average molecular weight is 343 g/mol. The lowest BCUT2D eigenvalue weighted by atomic mass is 10.1.